The van der Waals surface area contributed by atoms with Crippen LogP contribution in [0.5, 0.6) is 0 Å². The molecule has 0 aliphatic rings. The number of hydrogen-bond acceptors (Lipinski definition) is 6. The summed E-state index contributed by atoms with van der Waals surface area (Å²) in [4.78, 5) is 22.3. The maximum atomic E-state index is 11.2. The first-order valence-corrected chi connectivity index (χ1v) is 6.68. The van der Waals surface area contributed by atoms with Crippen LogP contribution in [0, 0.1) is 0 Å². The van der Waals surface area contributed by atoms with Crippen molar-refractivity contribution in [3.05, 3.63) is 12.2 Å². The summed E-state index contributed by atoms with van der Waals surface area (Å²) in [6, 6.07) is 0. The average Bonchev–Trinajstić information content (AvgIpc) is 2.23. The molecule has 0 aliphatic heterocycles. The van der Waals surface area contributed by atoms with E-state index in [0.29, 0.717) is 23.0 Å². The molecule has 112 valence electrons. The van der Waals surface area contributed by atoms with Gasteiger partial charge in [0.2, 0.25) is 22.0 Å². The molecule has 0 amide bonds. The van der Waals surface area contributed by atoms with E-state index in [1.54, 1.807) is 6.92 Å². The van der Waals surface area contributed by atoms with E-state index in [1.807, 2.05) is 21.1 Å². The summed E-state index contributed by atoms with van der Waals surface area (Å²) in [5.74, 6) is -0.769. The van der Waals surface area contributed by atoms with Crippen LogP contribution in [-0.2, 0) is 24.2 Å². The van der Waals surface area contributed by atoms with Crippen LogP contribution in [0.3, 0.4) is 0 Å². The number of nitrogens with zero attached hydrogens (tertiary/aromatic N) is 1. The summed E-state index contributed by atoms with van der Waals surface area (Å²) in [5, 5.41) is 0. The molecule has 0 spiro atoms. The van der Waals surface area contributed by atoms with Crippen molar-refractivity contribution in [2.45, 2.75) is 13.3 Å². The first-order valence-electron chi connectivity index (χ1n) is 5.35. The number of carbonyl (C=O) groups excluding carboxylic acids is 2. The molecule has 0 radical (unpaired) electrons. The van der Waals surface area contributed by atoms with Gasteiger partial charge in [-0.1, -0.05) is 6.58 Å². The lowest BCUT2D eigenvalue weighted by molar-refractivity contribution is -0.869. The maximum Gasteiger partial charge on any atom is 0.223 e. The van der Waals surface area contributed by atoms with Crippen molar-refractivity contribution in [2.75, 3.05) is 34.8 Å². The first kappa shape index (κ1) is 20.2. The Balaban J connectivity index is 0. The summed E-state index contributed by atoms with van der Waals surface area (Å²) in [6.07, 6.45) is 0.301. The highest BCUT2D eigenvalue weighted by Gasteiger charge is 2.17. The Labute approximate surface area is 114 Å². The fourth-order valence-corrected chi connectivity index (χ4v) is 0.788. The largest absolute Gasteiger partial charge is 0.726 e. The van der Waals surface area contributed by atoms with Gasteiger partial charge in [0.25, 0.3) is 0 Å². The molecule has 0 unspecified atom stereocenters. The van der Waals surface area contributed by atoms with Crippen LogP contribution in [0.15, 0.2) is 12.2 Å². The van der Waals surface area contributed by atoms with E-state index in [-0.39, 0.29) is 5.78 Å². The van der Waals surface area contributed by atoms with Crippen LogP contribution in [0.2, 0.25) is 0 Å². The second kappa shape index (κ2) is 8.16. The van der Waals surface area contributed by atoms with Crippen molar-refractivity contribution in [3.8, 4) is 0 Å². The predicted octanol–water partition coefficient (Wildman–Crippen LogP) is -0.110. The molecule has 0 aromatic carbocycles. The van der Waals surface area contributed by atoms with E-state index in [0.717, 1.165) is 7.11 Å². The van der Waals surface area contributed by atoms with Crippen LogP contribution in [0.25, 0.3) is 0 Å². The molecule has 0 bridgehead atoms. The third-order valence-corrected chi connectivity index (χ3v) is 2.26. The summed E-state index contributed by atoms with van der Waals surface area (Å²) >= 11 is 0. The van der Waals surface area contributed by atoms with E-state index in [9.17, 15) is 22.6 Å². The molecular weight excluding hydrogens is 274 g/mol. The van der Waals surface area contributed by atoms with Crippen LogP contribution < -0.4 is 0 Å². The number of allylic oxidation sites excluding steroid dienone is 1. The molecule has 0 aliphatic carbocycles. The fraction of sp³-hybridized carbons (Fsp3) is 0.636. The fourth-order valence-electron chi connectivity index (χ4n) is 0.788. The van der Waals surface area contributed by atoms with Crippen molar-refractivity contribution in [3.63, 3.8) is 0 Å². The Hall–Kier alpha value is -1.09. The molecule has 0 saturated heterocycles. The summed E-state index contributed by atoms with van der Waals surface area (Å²) < 4.78 is 31.7. The van der Waals surface area contributed by atoms with Gasteiger partial charge in [-0.25, -0.2) is 8.42 Å². The molecule has 7 nitrogen and oxygen atoms in total. The number of quaternary nitrogens is 1. The summed E-state index contributed by atoms with van der Waals surface area (Å²) in [6.45, 7) is 5.69. The minimum absolute atomic E-state index is 0.301. The van der Waals surface area contributed by atoms with Crippen LogP contribution >= 0.6 is 0 Å². The third kappa shape index (κ3) is 14.9. The van der Waals surface area contributed by atoms with Gasteiger partial charge in [0.05, 0.1) is 41.2 Å². The molecule has 0 fully saturated rings. The van der Waals surface area contributed by atoms with Gasteiger partial charge >= 0.3 is 0 Å². The van der Waals surface area contributed by atoms with Gasteiger partial charge in [0.15, 0.2) is 0 Å². The number of hydrogen-bond donors (Lipinski definition) is 0. The maximum absolute atomic E-state index is 11.2. The second-order valence-electron chi connectivity index (χ2n) is 4.87. The standard InChI is InChI=1S/C10H18NO2.CH4O4S/c1-8(2)10(13)9(12)6-7-11(3,4)5;1-5-6(2,3)4/h1,6-7H2,2-5H3;1H3,(H,2,3,4)/q+1;/p-1. The third-order valence-electron chi connectivity index (χ3n) is 1.85. The second-order valence-corrected chi connectivity index (χ2v) is 6.02. The van der Waals surface area contributed by atoms with Crippen LogP contribution in [0.1, 0.15) is 13.3 Å². The zero-order valence-electron chi connectivity index (χ0n) is 11.9. The Morgan fingerprint density at radius 1 is 1.26 bits per heavy atom. The van der Waals surface area contributed by atoms with Crippen LogP contribution in [-0.4, -0.2) is 63.8 Å². The lowest BCUT2D eigenvalue weighted by Crippen LogP contribution is -2.37. The van der Waals surface area contributed by atoms with E-state index in [2.05, 4.69) is 10.8 Å². The smallest absolute Gasteiger partial charge is 0.223 e. The lowest BCUT2D eigenvalue weighted by atomic mass is 10.1. The highest BCUT2D eigenvalue weighted by atomic mass is 32.3. The van der Waals surface area contributed by atoms with Crippen molar-refractivity contribution < 1.29 is 31.2 Å². The number of Topliss-reactive ketones (excluding diaryl/α,β-unsaturated/α-hetero) is 2. The SMILES string of the molecule is C=C(C)C(=O)C(=O)CC[N+](C)(C)C.COS(=O)(=O)[O-]. The van der Waals surface area contributed by atoms with Crippen molar-refractivity contribution in [1.29, 1.82) is 0 Å². The zero-order valence-corrected chi connectivity index (χ0v) is 12.7. The highest BCUT2D eigenvalue weighted by Crippen LogP contribution is 1.99. The molecule has 0 N–H and O–H groups in total. The number of carbonyl (C=O) groups is 2. The Bertz CT molecular complexity index is 433. The van der Waals surface area contributed by atoms with E-state index >= 15 is 0 Å². The lowest BCUT2D eigenvalue weighted by Gasteiger charge is -2.23. The van der Waals surface area contributed by atoms with Gasteiger partial charge in [0, 0.05) is 0 Å². The van der Waals surface area contributed by atoms with Crippen molar-refractivity contribution in [2.24, 2.45) is 0 Å². The Morgan fingerprint density at radius 2 is 1.63 bits per heavy atom. The van der Waals surface area contributed by atoms with Gasteiger partial charge in [-0.05, 0) is 12.5 Å². The monoisotopic (exact) mass is 295 g/mol. The minimum Gasteiger partial charge on any atom is -0.726 e. The van der Waals surface area contributed by atoms with E-state index < -0.39 is 16.2 Å². The Morgan fingerprint density at radius 3 is 1.84 bits per heavy atom. The predicted molar refractivity (Wildman–Crippen MR) is 69.1 cm³/mol. The molecule has 19 heavy (non-hydrogen) atoms. The van der Waals surface area contributed by atoms with Gasteiger partial charge in [-0.2, -0.15) is 0 Å². The average molecular weight is 295 g/mol. The molecule has 0 heterocycles. The molecular formula is C11H21NO6S. The molecule has 0 aromatic heterocycles. The summed E-state index contributed by atoms with van der Waals surface area (Å²) in [7, 11) is 2.35. The minimum atomic E-state index is -4.41. The Kier molecular flexibility index (Phi) is 8.68. The first-order chi connectivity index (χ1) is 8.30. The topological polar surface area (TPSA) is 101 Å². The molecule has 0 rings (SSSR count). The molecule has 8 heteroatoms. The number of rotatable bonds is 6. The zero-order chi connectivity index (χ0) is 15.9. The highest BCUT2D eigenvalue weighted by molar-refractivity contribution is 7.80. The quantitative estimate of drug-likeness (QED) is 0.223. The van der Waals surface area contributed by atoms with Gasteiger partial charge in [-0.3, -0.25) is 13.8 Å². The normalized spacial score (nSPS) is 11.3. The van der Waals surface area contributed by atoms with Gasteiger partial charge < -0.3 is 9.04 Å². The van der Waals surface area contributed by atoms with Gasteiger partial charge in [-0.15, -0.1) is 0 Å². The summed E-state index contributed by atoms with van der Waals surface area (Å²) in [5.41, 5.74) is 0.325. The van der Waals surface area contributed by atoms with E-state index in [1.165, 1.54) is 0 Å². The van der Waals surface area contributed by atoms with Crippen molar-refractivity contribution in [1.82, 2.24) is 0 Å². The molecule has 0 saturated carbocycles. The molecule has 0 aromatic rings. The van der Waals surface area contributed by atoms with Crippen molar-refractivity contribution >= 4 is 22.0 Å². The molecule has 0 atom stereocenters. The number of ketones is 2. The van der Waals surface area contributed by atoms with Gasteiger partial charge in [0.1, 0.15) is 0 Å². The van der Waals surface area contributed by atoms with Crippen LogP contribution in [0.4, 0.5) is 0 Å². The van der Waals surface area contributed by atoms with E-state index in [4.69, 9.17) is 0 Å².